The summed E-state index contributed by atoms with van der Waals surface area (Å²) in [6, 6.07) is 8.03. The van der Waals surface area contributed by atoms with E-state index in [2.05, 4.69) is 26.5 Å². The monoisotopic (exact) mass is 382 g/mol. The third-order valence-electron chi connectivity index (χ3n) is 5.22. The van der Waals surface area contributed by atoms with Crippen molar-refractivity contribution in [1.29, 1.82) is 0 Å². The molecular formula is C21H26N4O3. The smallest absolute Gasteiger partial charge is 0.290 e. The molecule has 1 unspecified atom stereocenters. The number of nitrogens with zero attached hydrogens (tertiary/aromatic N) is 3. The molecule has 0 aliphatic carbocycles. The highest BCUT2D eigenvalue weighted by atomic mass is 16.3. The van der Waals surface area contributed by atoms with Gasteiger partial charge in [-0.3, -0.25) is 9.59 Å². The number of pyridine rings is 1. The van der Waals surface area contributed by atoms with Crippen LogP contribution in [0.15, 0.2) is 41.5 Å². The van der Waals surface area contributed by atoms with Gasteiger partial charge in [0.2, 0.25) is 0 Å². The number of aryl methyl sites for hydroxylation is 1. The Morgan fingerprint density at radius 1 is 1.39 bits per heavy atom. The molecule has 2 aromatic heterocycles. The predicted octanol–water partition coefficient (Wildman–Crippen LogP) is 2.74. The van der Waals surface area contributed by atoms with E-state index < -0.39 is 0 Å². The molecule has 1 aliphatic rings. The lowest BCUT2D eigenvalue weighted by atomic mass is 9.98. The van der Waals surface area contributed by atoms with Gasteiger partial charge in [-0.1, -0.05) is 18.2 Å². The first-order chi connectivity index (χ1) is 13.5. The molecule has 0 spiro atoms. The van der Waals surface area contributed by atoms with E-state index in [1.165, 1.54) is 19.4 Å². The Balaban J connectivity index is 0.000000706. The summed E-state index contributed by atoms with van der Waals surface area (Å²) in [4.78, 5) is 30.9. The minimum atomic E-state index is -0.250. The molecule has 1 aliphatic heterocycles. The van der Waals surface area contributed by atoms with Gasteiger partial charge in [-0.05, 0) is 56.3 Å². The van der Waals surface area contributed by atoms with Gasteiger partial charge in [-0.15, -0.1) is 0 Å². The molecule has 0 radical (unpaired) electrons. The van der Waals surface area contributed by atoms with E-state index in [1.54, 1.807) is 6.20 Å². The van der Waals surface area contributed by atoms with Crippen LogP contribution in [0.5, 0.6) is 0 Å². The summed E-state index contributed by atoms with van der Waals surface area (Å²) < 4.78 is 2.13. The highest BCUT2D eigenvalue weighted by Crippen LogP contribution is 2.23. The fourth-order valence-electron chi connectivity index (χ4n) is 3.95. The van der Waals surface area contributed by atoms with Crippen LogP contribution in [0.3, 0.4) is 0 Å². The van der Waals surface area contributed by atoms with Crippen LogP contribution in [-0.2, 0) is 11.3 Å². The van der Waals surface area contributed by atoms with Crippen LogP contribution < -0.4 is 5.56 Å². The molecule has 4 rings (SSSR count). The van der Waals surface area contributed by atoms with Crippen LogP contribution in [-0.4, -0.2) is 51.2 Å². The molecule has 2 N–H and O–H groups in total. The predicted molar refractivity (Wildman–Crippen MR) is 109 cm³/mol. The number of likely N-dealkylation sites (tertiary alicyclic amines) is 1. The highest BCUT2D eigenvalue weighted by molar-refractivity contribution is 5.84. The number of fused-ring (bicyclic) bond motifs is 1. The number of piperidine rings is 1. The number of benzene rings is 1. The van der Waals surface area contributed by atoms with E-state index >= 15 is 0 Å². The van der Waals surface area contributed by atoms with Crippen LogP contribution in [0.1, 0.15) is 18.4 Å². The Morgan fingerprint density at radius 2 is 2.18 bits per heavy atom. The topological polar surface area (TPSA) is 91.2 Å². The van der Waals surface area contributed by atoms with Crippen LogP contribution in [0.4, 0.5) is 0 Å². The van der Waals surface area contributed by atoms with Crippen molar-refractivity contribution < 1.29 is 9.90 Å². The second-order valence-electron chi connectivity index (χ2n) is 7.33. The van der Waals surface area contributed by atoms with E-state index in [0.29, 0.717) is 11.5 Å². The normalized spacial score (nSPS) is 17.1. The quantitative estimate of drug-likeness (QED) is 0.680. The molecule has 0 saturated carbocycles. The van der Waals surface area contributed by atoms with Crippen LogP contribution >= 0.6 is 0 Å². The van der Waals surface area contributed by atoms with Crippen molar-refractivity contribution in [3.8, 4) is 11.4 Å². The number of imidazole rings is 1. The number of hydrogen-bond acceptors (Lipinski definition) is 4. The van der Waals surface area contributed by atoms with Crippen molar-refractivity contribution in [2.75, 3.05) is 20.1 Å². The van der Waals surface area contributed by atoms with E-state index in [-0.39, 0.29) is 12.0 Å². The van der Waals surface area contributed by atoms with Gasteiger partial charge in [-0.2, -0.15) is 0 Å². The first-order valence-electron chi connectivity index (χ1n) is 9.44. The summed E-state index contributed by atoms with van der Waals surface area (Å²) in [5.74, 6) is 1.37. The number of para-hydroxylation sites is 1. The highest BCUT2D eigenvalue weighted by Gasteiger charge is 2.20. The summed E-state index contributed by atoms with van der Waals surface area (Å²) >= 11 is 0. The fraction of sp³-hybridized carbons (Fsp3) is 0.381. The van der Waals surface area contributed by atoms with E-state index in [0.717, 1.165) is 35.4 Å². The van der Waals surface area contributed by atoms with E-state index in [4.69, 9.17) is 9.90 Å². The van der Waals surface area contributed by atoms with Crippen molar-refractivity contribution >= 4 is 17.4 Å². The zero-order valence-electron chi connectivity index (χ0n) is 16.3. The van der Waals surface area contributed by atoms with Crippen molar-refractivity contribution in [1.82, 2.24) is 19.4 Å². The van der Waals surface area contributed by atoms with E-state index in [9.17, 15) is 4.79 Å². The average Bonchev–Trinajstić information content (AvgIpc) is 3.11. The summed E-state index contributed by atoms with van der Waals surface area (Å²) in [6.45, 7) is 4.95. The molecule has 7 heteroatoms. The number of aromatic nitrogens is 3. The summed E-state index contributed by atoms with van der Waals surface area (Å²) in [6.07, 6.45) is 6.25. The molecule has 3 heterocycles. The summed E-state index contributed by atoms with van der Waals surface area (Å²) in [5.41, 5.74) is 2.56. The SMILES string of the molecule is Cc1cccc2cc(-c3nccn3CC3CCCN(C)C3)c(=O)[nH]c12.O=CO. The molecule has 28 heavy (non-hydrogen) atoms. The third kappa shape index (κ3) is 4.31. The lowest BCUT2D eigenvalue weighted by molar-refractivity contribution is -0.122. The Bertz CT molecular complexity index is 1010. The van der Waals surface area contributed by atoms with Gasteiger partial charge in [0.25, 0.3) is 12.0 Å². The molecule has 1 atom stereocenters. The van der Waals surface area contributed by atoms with Crippen molar-refractivity contribution in [3.05, 3.63) is 52.6 Å². The zero-order chi connectivity index (χ0) is 20.1. The van der Waals surface area contributed by atoms with Gasteiger partial charge in [0.05, 0.1) is 11.1 Å². The Morgan fingerprint density at radius 3 is 2.93 bits per heavy atom. The maximum Gasteiger partial charge on any atom is 0.290 e. The zero-order valence-corrected chi connectivity index (χ0v) is 16.3. The Hall–Kier alpha value is -2.93. The van der Waals surface area contributed by atoms with Gasteiger partial charge >= 0.3 is 0 Å². The average molecular weight is 382 g/mol. The molecule has 0 amide bonds. The van der Waals surface area contributed by atoms with Gasteiger partial charge < -0.3 is 19.6 Å². The second-order valence-corrected chi connectivity index (χ2v) is 7.33. The molecule has 1 aromatic carbocycles. The Kier molecular flexibility index (Phi) is 6.26. The number of rotatable bonds is 3. The van der Waals surface area contributed by atoms with Gasteiger partial charge in [0, 0.05) is 25.5 Å². The van der Waals surface area contributed by atoms with Gasteiger partial charge in [-0.25, -0.2) is 4.98 Å². The van der Waals surface area contributed by atoms with Gasteiger partial charge in [0.15, 0.2) is 0 Å². The molecule has 0 bridgehead atoms. The molecule has 7 nitrogen and oxygen atoms in total. The fourth-order valence-corrected chi connectivity index (χ4v) is 3.95. The molecule has 1 fully saturated rings. The van der Waals surface area contributed by atoms with Crippen molar-refractivity contribution in [2.24, 2.45) is 5.92 Å². The van der Waals surface area contributed by atoms with E-state index in [1.807, 2.05) is 37.4 Å². The number of hydrogen-bond donors (Lipinski definition) is 2. The first-order valence-corrected chi connectivity index (χ1v) is 9.44. The minimum absolute atomic E-state index is 0.0741. The van der Waals surface area contributed by atoms with Crippen molar-refractivity contribution in [2.45, 2.75) is 26.3 Å². The molecule has 148 valence electrons. The maximum absolute atomic E-state index is 12.7. The lowest BCUT2D eigenvalue weighted by Gasteiger charge is -2.30. The largest absolute Gasteiger partial charge is 0.483 e. The molecule has 3 aromatic rings. The maximum atomic E-state index is 12.7. The van der Waals surface area contributed by atoms with Gasteiger partial charge in [0.1, 0.15) is 5.82 Å². The number of nitrogens with one attached hydrogen (secondary N) is 1. The molecular weight excluding hydrogens is 356 g/mol. The van der Waals surface area contributed by atoms with Crippen LogP contribution in [0, 0.1) is 12.8 Å². The second kappa shape index (κ2) is 8.84. The number of H-pyrrole nitrogens is 1. The third-order valence-corrected chi connectivity index (χ3v) is 5.22. The number of carbonyl (C=O) groups is 1. The Labute approximate surface area is 163 Å². The lowest BCUT2D eigenvalue weighted by Crippen LogP contribution is -2.34. The number of carboxylic acid groups (broad SMARTS) is 1. The van der Waals surface area contributed by atoms with Crippen molar-refractivity contribution in [3.63, 3.8) is 0 Å². The molecule has 1 saturated heterocycles. The summed E-state index contributed by atoms with van der Waals surface area (Å²) in [7, 11) is 2.18. The first kappa shape index (κ1) is 19.8. The van der Waals surface area contributed by atoms with Crippen LogP contribution in [0.2, 0.25) is 0 Å². The van der Waals surface area contributed by atoms with Crippen LogP contribution in [0.25, 0.3) is 22.3 Å². The standard InChI is InChI=1S/C20H24N4O.CH2O2/c1-14-5-3-7-16-11-17(20(25)22-18(14)16)19-21-8-10-24(19)13-15-6-4-9-23(2)12-15;2-1-3/h3,5,7-8,10-11,15H,4,6,9,12-13H2,1-2H3,(H,22,25);1H,(H,2,3). The number of aromatic amines is 1. The minimum Gasteiger partial charge on any atom is -0.483 e. The summed E-state index contributed by atoms with van der Waals surface area (Å²) in [5, 5.41) is 7.93.